The Labute approximate surface area is 117 Å². The molecule has 0 fully saturated rings. The van der Waals surface area contributed by atoms with E-state index in [-0.39, 0.29) is 6.04 Å². The first-order chi connectivity index (χ1) is 9.28. The predicted octanol–water partition coefficient (Wildman–Crippen LogP) is 1.83. The van der Waals surface area contributed by atoms with Gasteiger partial charge in [0.1, 0.15) is 5.82 Å². The normalized spacial score (nSPS) is 12.3. The van der Waals surface area contributed by atoms with Gasteiger partial charge in [-0.15, -0.1) is 11.8 Å². The Morgan fingerprint density at radius 2 is 2.00 bits per heavy atom. The van der Waals surface area contributed by atoms with Gasteiger partial charge in [0.2, 0.25) is 0 Å². The second-order valence-electron chi connectivity index (χ2n) is 4.28. The number of nitrogens with one attached hydrogen (secondary N) is 1. The molecule has 2 rings (SSSR count). The summed E-state index contributed by atoms with van der Waals surface area (Å²) in [4.78, 5) is 5.23. The molecule has 1 atom stereocenters. The number of nitrogens with two attached hydrogens (primary N) is 2. The third-order valence-corrected chi connectivity index (χ3v) is 3.93. The standard InChI is InChI=1S/C14H18N4S/c15-14-9-11(6-7-17-14)8-12(18-16)10-19-13-4-2-1-3-5-13/h1-7,9,12,18H,8,10,16H2,(H2,15,17). The lowest BCUT2D eigenvalue weighted by Gasteiger charge is -2.15. The summed E-state index contributed by atoms with van der Waals surface area (Å²) in [6, 6.07) is 14.3. The van der Waals surface area contributed by atoms with Crippen LogP contribution >= 0.6 is 11.8 Å². The van der Waals surface area contributed by atoms with Crippen molar-refractivity contribution >= 4 is 17.6 Å². The zero-order valence-corrected chi connectivity index (χ0v) is 11.4. The fraction of sp³-hybridized carbons (Fsp3) is 0.214. The van der Waals surface area contributed by atoms with E-state index in [1.165, 1.54) is 4.90 Å². The fourth-order valence-electron chi connectivity index (χ4n) is 1.79. The van der Waals surface area contributed by atoms with E-state index in [4.69, 9.17) is 11.6 Å². The van der Waals surface area contributed by atoms with Gasteiger partial charge >= 0.3 is 0 Å². The van der Waals surface area contributed by atoms with E-state index in [0.29, 0.717) is 5.82 Å². The molecule has 0 bridgehead atoms. The van der Waals surface area contributed by atoms with Crippen molar-refractivity contribution in [1.82, 2.24) is 10.4 Å². The van der Waals surface area contributed by atoms with Crippen LogP contribution in [0, 0.1) is 0 Å². The zero-order valence-electron chi connectivity index (χ0n) is 10.6. The number of pyridine rings is 1. The molecule has 0 spiro atoms. The van der Waals surface area contributed by atoms with Crippen molar-refractivity contribution in [3.8, 4) is 0 Å². The summed E-state index contributed by atoms with van der Waals surface area (Å²) in [5, 5.41) is 0. The summed E-state index contributed by atoms with van der Waals surface area (Å²) >= 11 is 1.79. The highest BCUT2D eigenvalue weighted by Crippen LogP contribution is 2.19. The van der Waals surface area contributed by atoms with Crippen LogP contribution in [0.3, 0.4) is 0 Å². The van der Waals surface area contributed by atoms with Gasteiger partial charge in [0.25, 0.3) is 0 Å². The molecule has 0 saturated heterocycles. The lowest BCUT2D eigenvalue weighted by atomic mass is 10.1. The Hall–Kier alpha value is -1.56. The summed E-state index contributed by atoms with van der Waals surface area (Å²) < 4.78 is 0. The molecule has 0 aliphatic rings. The maximum atomic E-state index is 5.67. The van der Waals surface area contributed by atoms with Crippen molar-refractivity contribution in [2.24, 2.45) is 5.84 Å². The van der Waals surface area contributed by atoms with Crippen LogP contribution in [0.15, 0.2) is 53.6 Å². The van der Waals surface area contributed by atoms with Gasteiger partial charge in [-0.05, 0) is 36.2 Å². The highest BCUT2D eigenvalue weighted by molar-refractivity contribution is 7.99. The maximum absolute atomic E-state index is 5.67. The van der Waals surface area contributed by atoms with Gasteiger partial charge < -0.3 is 5.73 Å². The number of benzene rings is 1. The highest BCUT2D eigenvalue weighted by Gasteiger charge is 2.09. The van der Waals surface area contributed by atoms with Crippen LogP contribution in [-0.4, -0.2) is 16.8 Å². The highest BCUT2D eigenvalue weighted by atomic mass is 32.2. The minimum Gasteiger partial charge on any atom is -0.384 e. The number of nitrogen functional groups attached to an aromatic ring is 1. The molecule has 0 amide bonds. The summed E-state index contributed by atoms with van der Waals surface area (Å²) in [5.74, 6) is 7.06. The number of nitrogens with zero attached hydrogens (tertiary/aromatic N) is 1. The molecular formula is C14H18N4S. The summed E-state index contributed by atoms with van der Waals surface area (Å²) in [7, 11) is 0. The van der Waals surface area contributed by atoms with E-state index in [0.717, 1.165) is 17.7 Å². The first-order valence-corrected chi connectivity index (χ1v) is 7.11. The van der Waals surface area contributed by atoms with Crippen LogP contribution in [-0.2, 0) is 6.42 Å². The van der Waals surface area contributed by atoms with E-state index >= 15 is 0 Å². The molecule has 0 saturated carbocycles. The Kier molecular flexibility index (Phi) is 5.20. The predicted molar refractivity (Wildman–Crippen MR) is 80.6 cm³/mol. The summed E-state index contributed by atoms with van der Waals surface area (Å²) in [5.41, 5.74) is 9.67. The second kappa shape index (κ2) is 7.13. The molecule has 0 aliphatic carbocycles. The number of anilines is 1. The Morgan fingerprint density at radius 3 is 2.68 bits per heavy atom. The van der Waals surface area contributed by atoms with Gasteiger partial charge in [-0.2, -0.15) is 0 Å². The number of hydrogen-bond acceptors (Lipinski definition) is 5. The smallest absolute Gasteiger partial charge is 0.123 e. The molecule has 4 nitrogen and oxygen atoms in total. The Morgan fingerprint density at radius 1 is 1.21 bits per heavy atom. The molecule has 1 heterocycles. The first kappa shape index (κ1) is 13.9. The van der Waals surface area contributed by atoms with Crippen molar-refractivity contribution in [2.45, 2.75) is 17.4 Å². The fourth-order valence-corrected chi connectivity index (χ4v) is 2.74. The average Bonchev–Trinajstić information content (AvgIpc) is 2.44. The van der Waals surface area contributed by atoms with Crippen molar-refractivity contribution in [3.63, 3.8) is 0 Å². The molecule has 0 radical (unpaired) electrons. The molecular weight excluding hydrogens is 256 g/mol. The molecule has 0 aliphatic heterocycles. The third kappa shape index (κ3) is 4.55. The molecule has 100 valence electrons. The summed E-state index contributed by atoms with van der Waals surface area (Å²) in [6.45, 7) is 0. The van der Waals surface area contributed by atoms with Crippen LogP contribution in [0.5, 0.6) is 0 Å². The van der Waals surface area contributed by atoms with Gasteiger partial charge in [0.05, 0.1) is 0 Å². The van der Waals surface area contributed by atoms with Crippen molar-refractivity contribution in [2.75, 3.05) is 11.5 Å². The van der Waals surface area contributed by atoms with E-state index in [1.807, 2.05) is 30.3 Å². The number of thioether (sulfide) groups is 1. The molecule has 5 heteroatoms. The van der Waals surface area contributed by atoms with Crippen LogP contribution in [0.4, 0.5) is 5.82 Å². The summed E-state index contributed by atoms with van der Waals surface area (Å²) in [6.07, 6.45) is 2.56. The first-order valence-electron chi connectivity index (χ1n) is 6.12. The molecule has 19 heavy (non-hydrogen) atoms. The third-order valence-electron chi connectivity index (χ3n) is 2.76. The minimum absolute atomic E-state index is 0.201. The SMILES string of the molecule is NNC(CSc1ccccc1)Cc1ccnc(N)c1. The zero-order chi connectivity index (χ0) is 13.5. The Bertz CT molecular complexity index is 504. The van der Waals surface area contributed by atoms with E-state index in [1.54, 1.807) is 18.0 Å². The largest absolute Gasteiger partial charge is 0.384 e. The second-order valence-corrected chi connectivity index (χ2v) is 5.37. The van der Waals surface area contributed by atoms with Gasteiger partial charge in [0, 0.05) is 22.9 Å². The minimum atomic E-state index is 0.201. The topological polar surface area (TPSA) is 77.0 Å². The van der Waals surface area contributed by atoms with E-state index in [9.17, 15) is 0 Å². The lowest BCUT2D eigenvalue weighted by molar-refractivity contribution is 0.575. The van der Waals surface area contributed by atoms with Crippen LogP contribution < -0.4 is 17.0 Å². The average molecular weight is 274 g/mol. The van der Waals surface area contributed by atoms with Gasteiger partial charge in [-0.1, -0.05) is 18.2 Å². The van der Waals surface area contributed by atoms with Crippen LogP contribution in [0.25, 0.3) is 0 Å². The number of aromatic nitrogens is 1. The quantitative estimate of drug-likeness (QED) is 0.425. The van der Waals surface area contributed by atoms with Gasteiger partial charge in [-0.3, -0.25) is 11.3 Å². The van der Waals surface area contributed by atoms with E-state index < -0.39 is 0 Å². The molecule has 2 aromatic rings. The van der Waals surface area contributed by atoms with Crippen molar-refractivity contribution in [3.05, 3.63) is 54.2 Å². The number of rotatable bonds is 6. The van der Waals surface area contributed by atoms with E-state index in [2.05, 4.69) is 22.5 Å². The number of hydrazine groups is 1. The van der Waals surface area contributed by atoms with Crippen LogP contribution in [0.2, 0.25) is 0 Å². The molecule has 1 aromatic carbocycles. The number of hydrogen-bond donors (Lipinski definition) is 3. The van der Waals surface area contributed by atoms with Crippen LogP contribution in [0.1, 0.15) is 5.56 Å². The molecule has 1 aromatic heterocycles. The molecule has 5 N–H and O–H groups in total. The Balaban J connectivity index is 1.90. The lowest BCUT2D eigenvalue weighted by Crippen LogP contribution is -2.38. The maximum Gasteiger partial charge on any atom is 0.123 e. The van der Waals surface area contributed by atoms with Gasteiger partial charge in [0.15, 0.2) is 0 Å². The van der Waals surface area contributed by atoms with Crippen molar-refractivity contribution < 1.29 is 0 Å². The van der Waals surface area contributed by atoms with Gasteiger partial charge in [-0.25, -0.2) is 4.98 Å². The molecule has 1 unspecified atom stereocenters. The monoisotopic (exact) mass is 274 g/mol. The van der Waals surface area contributed by atoms with Crippen molar-refractivity contribution in [1.29, 1.82) is 0 Å².